The predicted octanol–water partition coefficient (Wildman–Crippen LogP) is -4.35. The lowest BCUT2D eigenvalue weighted by Gasteiger charge is -2.22. The minimum absolute atomic E-state index is 0.346. The number of nitrogens with one attached hydrogen (secondary N) is 2. The van der Waals surface area contributed by atoms with Gasteiger partial charge in [0.05, 0.1) is 0 Å². The van der Waals surface area contributed by atoms with Crippen LogP contribution in [0.3, 0.4) is 0 Å². The van der Waals surface area contributed by atoms with Gasteiger partial charge in [-0.05, 0) is 0 Å². The maximum atomic E-state index is 11.6. The minimum atomic E-state index is -1.34. The van der Waals surface area contributed by atoms with Crippen molar-refractivity contribution in [1.29, 1.82) is 5.41 Å². The smallest absolute Gasteiger partial charge is 0.370 e. The number of likely N-dealkylation sites (N-methyl/N-ethyl adjacent to an activating group) is 1. The summed E-state index contributed by atoms with van der Waals surface area (Å²) in [7, 11) is 1.32. The van der Waals surface area contributed by atoms with E-state index < -0.39 is 18.1 Å². The van der Waals surface area contributed by atoms with E-state index in [9.17, 15) is 4.79 Å². The average Bonchev–Trinajstić information content (AvgIpc) is 2.23. The molecule has 0 spiro atoms. The maximum absolute atomic E-state index is 11.6. The van der Waals surface area contributed by atoms with Gasteiger partial charge in [0.25, 0.3) is 0 Å². The number of hydrogen-bond acceptors (Lipinski definition) is 6. The van der Waals surface area contributed by atoms with Crippen LogP contribution in [-0.2, 0) is 9.63 Å². The lowest BCUT2D eigenvalue weighted by Crippen LogP contribution is -2.47. The van der Waals surface area contributed by atoms with E-state index in [-0.39, 0.29) is 11.9 Å². The molecule has 0 aliphatic heterocycles. The van der Waals surface area contributed by atoms with Crippen molar-refractivity contribution >= 4 is 23.8 Å². The van der Waals surface area contributed by atoms with Gasteiger partial charge in [-0.2, -0.15) is 0 Å². The Bertz CT molecular complexity index is 369. The lowest BCUT2D eigenvalue weighted by atomic mass is 10.4. The van der Waals surface area contributed by atoms with E-state index >= 15 is 0 Å². The highest BCUT2D eigenvalue weighted by molar-refractivity contribution is 5.86. The number of nitrogens with zero attached hydrogens (tertiary/aromatic N) is 3. The van der Waals surface area contributed by atoms with Crippen LogP contribution >= 0.6 is 0 Å². The summed E-state index contributed by atoms with van der Waals surface area (Å²) in [5, 5.41) is 10.4. The van der Waals surface area contributed by atoms with E-state index in [0.717, 1.165) is 4.90 Å². The lowest BCUT2D eigenvalue weighted by molar-refractivity contribution is -0.155. The van der Waals surface area contributed by atoms with Gasteiger partial charge in [-0.25, -0.2) is 9.79 Å². The molecule has 1 unspecified atom stereocenters. The Kier molecular flexibility index (Phi) is 5.54. The molecule has 0 amide bonds. The van der Waals surface area contributed by atoms with Gasteiger partial charge < -0.3 is 38.4 Å². The van der Waals surface area contributed by atoms with E-state index in [1.165, 1.54) is 7.05 Å². The third-order valence-corrected chi connectivity index (χ3v) is 1.55. The van der Waals surface area contributed by atoms with Gasteiger partial charge in [-0.3, -0.25) is 5.41 Å². The Morgan fingerprint density at radius 2 is 1.83 bits per heavy atom. The molecule has 0 saturated heterocycles. The van der Waals surface area contributed by atoms with Gasteiger partial charge in [-0.1, -0.05) is 0 Å². The predicted molar refractivity (Wildman–Crippen MR) is 64.3 cm³/mol. The molecule has 0 aliphatic carbocycles. The quantitative estimate of drug-likeness (QED) is 0.144. The van der Waals surface area contributed by atoms with Crippen molar-refractivity contribution in [2.75, 3.05) is 7.05 Å². The van der Waals surface area contributed by atoms with Crippen molar-refractivity contribution in [3.05, 3.63) is 0 Å². The second-order valence-corrected chi connectivity index (χ2v) is 2.97. The molecule has 0 aromatic rings. The number of guanidine groups is 3. The van der Waals surface area contributed by atoms with Gasteiger partial charge in [-0.15, -0.1) is 10.7 Å². The number of hydrogen-bond donors (Lipinski definition) is 7. The summed E-state index contributed by atoms with van der Waals surface area (Å²) in [5.41, 5.74) is 27.3. The van der Waals surface area contributed by atoms with Crippen LogP contribution in [0.15, 0.2) is 10.1 Å². The van der Waals surface area contributed by atoms with Crippen LogP contribution in [0.2, 0.25) is 0 Å². The fourth-order valence-electron chi connectivity index (χ4n) is 0.744. The highest BCUT2D eigenvalue weighted by Gasteiger charge is 2.26. The van der Waals surface area contributed by atoms with E-state index in [4.69, 9.17) is 34.1 Å². The van der Waals surface area contributed by atoms with Gasteiger partial charge >= 0.3 is 5.97 Å². The number of nitrogens with two attached hydrogens (primary N) is 5. The summed E-state index contributed by atoms with van der Waals surface area (Å²) < 4.78 is 0. The third kappa shape index (κ3) is 5.24. The van der Waals surface area contributed by atoms with Crippen molar-refractivity contribution in [2.45, 2.75) is 6.17 Å². The van der Waals surface area contributed by atoms with Crippen molar-refractivity contribution in [3.8, 4) is 0 Å². The number of aliphatic imine (C=N–C) groups is 1. The number of hydrazone groups is 1. The Morgan fingerprint density at radius 1 is 1.28 bits per heavy atom. The van der Waals surface area contributed by atoms with Gasteiger partial charge in [0, 0.05) is 7.05 Å². The van der Waals surface area contributed by atoms with Crippen molar-refractivity contribution in [1.82, 2.24) is 10.5 Å². The molecule has 12 heteroatoms. The first-order valence-electron chi connectivity index (χ1n) is 4.45. The molecule has 1 atom stereocenters. The Hall–Kier alpha value is -2.92. The molecule has 0 rings (SSSR count). The van der Waals surface area contributed by atoms with Crippen molar-refractivity contribution < 1.29 is 9.63 Å². The van der Waals surface area contributed by atoms with Crippen LogP contribution in [0.4, 0.5) is 0 Å². The zero-order valence-electron chi connectivity index (χ0n) is 9.62. The van der Waals surface area contributed by atoms with Gasteiger partial charge in [0.2, 0.25) is 12.1 Å². The fourth-order valence-corrected chi connectivity index (χ4v) is 0.744. The van der Waals surface area contributed by atoms with E-state index in [0.29, 0.717) is 0 Å². The Morgan fingerprint density at radius 3 is 2.22 bits per heavy atom. The number of carbonyl (C=O) groups excluding carboxylic acids is 1. The summed E-state index contributed by atoms with van der Waals surface area (Å²) in [6, 6.07) is 0. The zero-order valence-corrected chi connectivity index (χ0v) is 9.62. The highest BCUT2D eigenvalue weighted by atomic mass is 16.7. The number of carbonyl (C=O) groups is 1. The summed E-state index contributed by atoms with van der Waals surface area (Å²) in [6.07, 6.45) is -1.34. The molecule has 0 aromatic carbocycles. The first-order valence-corrected chi connectivity index (χ1v) is 4.45. The van der Waals surface area contributed by atoms with Gasteiger partial charge in [0.1, 0.15) is 0 Å². The zero-order chi connectivity index (χ0) is 14.3. The SMILES string of the molecule is CN(C(=N)N)C(N=C(N)N)C(=O)ONN=C(N)N. The molecule has 102 valence electrons. The van der Waals surface area contributed by atoms with Crippen LogP contribution < -0.4 is 34.3 Å². The van der Waals surface area contributed by atoms with Crippen LogP contribution in [0.1, 0.15) is 0 Å². The summed E-state index contributed by atoms with van der Waals surface area (Å²) >= 11 is 0. The monoisotopic (exact) mass is 260 g/mol. The van der Waals surface area contributed by atoms with Crippen LogP contribution in [-0.4, -0.2) is 42.0 Å². The molecule has 0 aromatic heterocycles. The molecule has 0 aliphatic rings. The molecule has 0 fully saturated rings. The molecule has 0 saturated carbocycles. The van der Waals surface area contributed by atoms with E-state index in [2.05, 4.69) is 14.9 Å². The largest absolute Gasteiger partial charge is 0.378 e. The van der Waals surface area contributed by atoms with E-state index in [1.54, 1.807) is 0 Å². The standard InChI is InChI=1S/C6H16N10O2/c1-16(6(11)12)2(13-4(7)8)3(17)18-15-14-5(9)10/h2,15H,1H3,(H3,11,12)(H4,7,8,13)(H4,9,10,14). The molecular formula is C6H16N10O2. The molecule has 0 bridgehead atoms. The summed E-state index contributed by atoms with van der Waals surface area (Å²) in [6.45, 7) is 0. The van der Waals surface area contributed by atoms with Crippen molar-refractivity contribution in [3.63, 3.8) is 0 Å². The van der Waals surface area contributed by atoms with E-state index in [1.807, 2.05) is 5.59 Å². The van der Waals surface area contributed by atoms with Crippen molar-refractivity contribution in [2.24, 2.45) is 38.8 Å². The average molecular weight is 260 g/mol. The van der Waals surface area contributed by atoms with Crippen LogP contribution in [0, 0.1) is 5.41 Å². The first-order chi connectivity index (χ1) is 8.25. The topological polar surface area (TPSA) is 220 Å². The normalized spacial score (nSPS) is 10.7. The Balaban J connectivity index is 4.76. The third-order valence-electron chi connectivity index (χ3n) is 1.55. The second-order valence-electron chi connectivity index (χ2n) is 2.97. The maximum Gasteiger partial charge on any atom is 0.378 e. The molecule has 12 N–H and O–H groups in total. The molecule has 12 nitrogen and oxygen atoms in total. The molecular weight excluding hydrogens is 244 g/mol. The second kappa shape index (κ2) is 6.62. The van der Waals surface area contributed by atoms with Gasteiger partial charge in [0.15, 0.2) is 11.9 Å². The summed E-state index contributed by atoms with van der Waals surface area (Å²) in [4.78, 5) is 20.5. The minimum Gasteiger partial charge on any atom is -0.370 e. The number of rotatable bonds is 5. The van der Waals surface area contributed by atoms with Crippen LogP contribution in [0.5, 0.6) is 0 Å². The highest BCUT2D eigenvalue weighted by Crippen LogP contribution is 1.99. The summed E-state index contributed by atoms with van der Waals surface area (Å²) in [5.74, 6) is -2.14. The molecule has 0 radical (unpaired) electrons. The fraction of sp³-hybridized carbons (Fsp3) is 0.333. The molecule has 18 heavy (non-hydrogen) atoms. The van der Waals surface area contributed by atoms with Crippen LogP contribution in [0.25, 0.3) is 0 Å². The molecule has 0 heterocycles. The Labute approximate surface area is 102 Å². The first kappa shape index (κ1) is 15.1.